The van der Waals surface area contributed by atoms with Crippen LogP contribution in [0.3, 0.4) is 0 Å². The molecule has 10 heavy (non-hydrogen) atoms. The predicted octanol–water partition coefficient (Wildman–Crippen LogP) is -0.519. The van der Waals surface area contributed by atoms with E-state index in [0.717, 1.165) is 12.8 Å². The van der Waals surface area contributed by atoms with E-state index in [2.05, 4.69) is 4.65 Å². The largest absolute Gasteiger partial charge is 0.635 e. The number of aliphatic hydroxyl groups is 1. The first-order valence-corrected chi connectivity index (χ1v) is 3.36. The van der Waals surface area contributed by atoms with Crippen LogP contribution in [0.25, 0.3) is 0 Å². The van der Waals surface area contributed by atoms with Gasteiger partial charge in [-0.15, -0.1) is 0 Å². The minimum Gasteiger partial charge on any atom is -0.402 e. The molecule has 0 spiro atoms. The Morgan fingerprint density at radius 1 is 1.50 bits per heavy atom. The smallest absolute Gasteiger partial charge is 0.402 e. The van der Waals surface area contributed by atoms with E-state index in [0.29, 0.717) is 6.42 Å². The van der Waals surface area contributed by atoms with Gasteiger partial charge in [0.05, 0.1) is 0 Å². The molecule has 1 unspecified atom stereocenters. The SMILES string of the molecule is CCCCC(O)OB(O)O. The van der Waals surface area contributed by atoms with E-state index in [4.69, 9.17) is 15.2 Å². The Morgan fingerprint density at radius 2 is 2.10 bits per heavy atom. The highest BCUT2D eigenvalue weighted by Crippen LogP contribution is 2.01. The highest BCUT2D eigenvalue weighted by atomic mass is 16.7. The van der Waals surface area contributed by atoms with Crippen LogP contribution >= 0.6 is 0 Å². The summed E-state index contributed by atoms with van der Waals surface area (Å²) in [6.45, 7) is 1.97. The van der Waals surface area contributed by atoms with Crippen molar-refractivity contribution in [2.45, 2.75) is 32.5 Å². The molecule has 0 saturated heterocycles. The van der Waals surface area contributed by atoms with Crippen LogP contribution in [0, 0.1) is 0 Å². The van der Waals surface area contributed by atoms with Crippen molar-refractivity contribution in [3.05, 3.63) is 0 Å². The van der Waals surface area contributed by atoms with Crippen molar-refractivity contribution in [1.29, 1.82) is 0 Å². The summed E-state index contributed by atoms with van der Waals surface area (Å²) in [5.41, 5.74) is 0. The monoisotopic (exact) mass is 148 g/mol. The quantitative estimate of drug-likeness (QED) is 0.362. The van der Waals surface area contributed by atoms with Gasteiger partial charge in [0, 0.05) is 0 Å². The Labute approximate surface area is 60.6 Å². The number of rotatable bonds is 5. The Bertz CT molecular complexity index is 78.0. The van der Waals surface area contributed by atoms with Crippen molar-refractivity contribution < 1.29 is 19.8 Å². The van der Waals surface area contributed by atoms with Crippen LogP contribution in [-0.2, 0) is 4.65 Å². The Morgan fingerprint density at radius 3 is 2.50 bits per heavy atom. The maximum absolute atomic E-state index is 8.81. The van der Waals surface area contributed by atoms with Crippen molar-refractivity contribution in [2.24, 2.45) is 0 Å². The van der Waals surface area contributed by atoms with Crippen molar-refractivity contribution in [1.82, 2.24) is 0 Å². The molecule has 0 aromatic rings. The van der Waals surface area contributed by atoms with Gasteiger partial charge in [-0.2, -0.15) is 0 Å². The molecular weight excluding hydrogens is 135 g/mol. The average molecular weight is 148 g/mol. The molecule has 0 bridgehead atoms. The minimum atomic E-state index is -1.87. The summed E-state index contributed by atoms with van der Waals surface area (Å²) in [6.07, 6.45) is 1.14. The number of aliphatic hydroxyl groups excluding tert-OH is 1. The van der Waals surface area contributed by atoms with E-state index in [1.54, 1.807) is 0 Å². The van der Waals surface area contributed by atoms with Crippen molar-refractivity contribution in [3.8, 4) is 0 Å². The predicted molar refractivity (Wildman–Crippen MR) is 36.8 cm³/mol. The van der Waals surface area contributed by atoms with E-state index in [-0.39, 0.29) is 0 Å². The molecule has 0 fully saturated rings. The van der Waals surface area contributed by atoms with E-state index >= 15 is 0 Å². The summed E-state index contributed by atoms with van der Waals surface area (Å²) < 4.78 is 4.22. The maximum atomic E-state index is 8.81. The van der Waals surface area contributed by atoms with Crippen LogP contribution in [0.4, 0.5) is 0 Å². The molecule has 0 heterocycles. The molecule has 0 aliphatic heterocycles. The van der Waals surface area contributed by atoms with E-state index < -0.39 is 13.6 Å². The van der Waals surface area contributed by atoms with Gasteiger partial charge in [-0.05, 0) is 12.8 Å². The standard InChI is InChI=1S/C5H13BO4/c1-2-3-4-5(7)10-6(8)9/h5,7-9H,2-4H2,1H3. The lowest BCUT2D eigenvalue weighted by molar-refractivity contribution is -0.0533. The molecule has 4 nitrogen and oxygen atoms in total. The molecule has 0 saturated carbocycles. The highest BCUT2D eigenvalue weighted by Gasteiger charge is 2.14. The molecule has 0 aliphatic rings. The Balaban J connectivity index is 3.16. The minimum absolute atomic E-state index is 0.439. The van der Waals surface area contributed by atoms with Gasteiger partial charge in [-0.1, -0.05) is 13.3 Å². The maximum Gasteiger partial charge on any atom is 0.635 e. The molecule has 0 radical (unpaired) electrons. The fraction of sp³-hybridized carbons (Fsp3) is 1.00. The van der Waals surface area contributed by atoms with Gasteiger partial charge in [0.15, 0.2) is 0 Å². The molecule has 0 aliphatic carbocycles. The van der Waals surface area contributed by atoms with Gasteiger partial charge < -0.3 is 19.8 Å². The Hall–Kier alpha value is -0.0951. The summed E-state index contributed by atoms with van der Waals surface area (Å²) in [4.78, 5) is 0. The first kappa shape index (κ1) is 9.90. The lowest BCUT2D eigenvalue weighted by Crippen LogP contribution is -2.25. The van der Waals surface area contributed by atoms with Crippen LogP contribution in [0.5, 0.6) is 0 Å². The summed E-state index contributed by atoms with van der Waals surface area (Å²) in [5, 5.41) is 25.2. The van der Waals surface area contributed by atoms with E-state index in [9.17, 15) is 0 Å². The molecule has 60 valence electrons. The fourth-order valence-corrected chi connectivity index (χ4v) is 0.587. The zero-order valence-corrected chi connectivity index (χ0v) is 6.03. The Kier molecular flexibility index (Phi) is 5.62. The molecular formula is C5H13BO4. The second-order valence-electron chi connectivity index (χ2n) is 2.06. The topological polar surface area (TPSA) is 69.9 Å². The molecule has 5 heteroatoms. The van der Waals surface area contributed by atoms with Crippen LogP contribution < -0.4 is 0 Å². The zero-order valence-electron chi connectivity index (χ0n) is 6.03. The molecule has 0 aromatic carbocycles. The van der Waals surface area contributed by atoms with E-state index in [1.165, 1.54) is 0 Å². The normalized spacial score (nSPS) is 13.2. The van der Waals surface area contributed by atoms with Gasteiger partial charge in [0.2, 0.25) is 0 Å². The molecule has 1 atom stereocenters. The van der Waals surface area contributed by atoms with Gasteiger partial charge >= 0.3 is 7.32 Å². The summed E-state index contributed by atoms with van der Waals surface area (Å²) >= 11 is 0. The highest BCUT2D eigenvalue weighted by molar-refractivity contribution is 6.32. The van der Waals surface area contributed by atoms with Gasteiger partial charge in [0.1, 0.15) is 6.29 Å². The van der Waals surface area contributed by atoms with Crippen molar-refractivity contribution in [3.63, 3.8) is 0 Å². The van der Waals surface area contributed by atoms with Crippen LogP contribution in [0.1, 0.15) is 26.2 Å². The second-order valence-corrected chi connectivity index (χ2v) is 2.06. The van der Waals surface area contributed by atoms with Gasteiger partial charge in [-0.25, -0.2) is 0 Å². The molecule has 0 aromatic heterocycles. The lowest BCUT2D eigenvalue weighted by atomic mass is 10.2. The van der Waals surface area contributed by atoms with Gasteiger partial charge in [0.25, 0.3) is 0 Å². The molecule has 0 rings (SSSR count). The lowest BCUT2D eigenvalue weighted by Gasteiger charge is -2.09. The third-order valence-electron chi connectivity index (χ3n) is 1.08. The fourth-order valence-electron chi connectivity index (χ4n) is 0.587. The number of hydrogen-bond donors (Lipinski definition) is 3. The first-order chi connectivity index (χ1) is 4.66. The van der Waals surface area contributed by atoms with Crippen LogP contribution in [0.2, 0.25) is 0 Å². The summed E-state index contributed by atoms with van der Waals surface area (Å²) in [7, 11) is -1.87. The first-order valence-electron chi connectivity index (χ1n) is 3.36. The third-order valence-corrected chi connectivity index (χ3v) is 1.08. The van der Waals surface area contributed by atoms with Crippen molar-refractivity contribution in [2.75, 3.05) is 0 Å². The zero-order chi connectivity index (χ0) is 7.98. The van der Waals surface area contributed by atoms with Crippen LogP contribution in [-0.4, -0.2) is 28.8 Å². The van der Waals surface area contributed by atoms with E-state index in [1.807, 2.05) is 6.92 Å². The number of unbranched alkanes of at least 4 members (excludes halogenated alkanes) is 1. The summed E-state index contributed by atoms with van der Waals surface area (Å²) in [6, 6.07) is 0. The van der Waals surface area contributed by atoms with Crippen LogP contribution in [0.15, 0.2) is 0 Å². The second kappa shape index (κ2) is 5.67. The third kappa shape index (κ3) is 6.03. The molecule has 3 N–H and O–H groups in total. The van der Waals surface area contributed by atoms with Crippen molar-refractivity contribution >= 4 is 7.32 Å². The number of hydrogen-bond acceptors (Lipinski definition) is 4. The molecule has 0 amide bonds. The van der Waals surface area contributed by atoms with Gasteiger partial charge in [-0.3, -0.25) is 0 Å². The summed E-state index contributed by atoms with van der Waals surface area (Å²) in [5.74, 6) is 0. The average Bonchev–Trinajstić information content (AvgIpc) is 1.82.